The quantitative estimate of drug-likeness (QED) is 0.224. The van der Waals surface area contributed by atoms with Crippen LogP contribution in [0.4, 0.5) is 4.79 Å². The van der Waals surface area contributed by atoms with Crippen LogP contribution in [0.25, 0.3) is 0 Å². The molecular weight excluding hydrogens is 554 g/mol. The van der Waals surface area contributed by atoms with E-state index in [0.717, 1.165) is 12.0 Å². The highest BCUT2D eigenvalue weighted by Gasteiger charge is 2.32. The highest BCUT2D eigenvalue weighted by molar-refractivity contribution is 7.89. The van der Waals surface area contributed by atoms with Gasteiger partial charge in [-0.2, -0.15) is 19.3 Å². The van der Waals surface area contributed by atoms with Crippen molar-refractivity contribution in [3.8, 4) is 17.2 Å². The van der Waals surface area contributed by atoms with E-state index in [9.17, 15) is 23.4 Å². The smallest absolute Gasteiger partial charge is 0.404 e. The highest BCUT2D eigenvalue weighted by Crippen LogP contribution is 2.35. The third-order valence-corrected chi connectivity index (χ3v) is 8.16. The highest BCUT2D eigenvalue weighted by atomic mass is 32.2. The molecule has 0 saturated heterocycles. The van der Waals surface area contributed by atoms with Crippen LogP contribution in [0.5, 0.6) is 17.2 Å². The van der Waals surface area contributed by atoms with E-state index in [-0.39, 0.29) is 37.1 Å². The molecule has 0 aliphatic carbocycles. The average molecular weight is 590 g/mol. The number of ether oxygens (including phenoxy) is 3. The van der Waals surface area contributed by atoms with Crippen LogP contribution in [0.3, 0.4) is 0 Å². The summed E-state index contributed by atoms with van der Waals surface area (Å²) in [6.45, 7) is 4.63. The van der Waals surface area contributed by atoms with Crippen molar-refractivity contribution in [1.29, 1.82) is 0 Å². The van der Waals surface area contributed by atoms with Crippen molar-refractivity contribution in [3.63, 3.8) is 0 Å². The minimum Gasteiger partial charge on any atom is -0.494 e. The molecule has 41 heavy (non-hydrogen) atoms. The normalized spacial score (nSPS) is 14.3. The number of fused-ring (bicyclic) bond motifs is 1. The number of aliphatic hydroxyl groups excluding tert-OH is 1. The van der Waals surface area contributed by atoms with Gasteiger partial charge in [-0.05, 0) is 42.2 Å². The Bertz CT molecular complexity index is 1380. The summed E-state index contributed by atoms with van der Waals surface area (Å²) in [7, 11) is -4.04. The fourth-order valence-corrected chi connectivity index (χ4v) is 6.01. The van der Waals surface area contributed by atoms with Crippen molar-refractivity contribution in [2.75, 3.05) is 26.5 Å². The van der Waals surface area contributed by atoms with Crippen LogP contribution < -0.4 is 19.5 Å². The lowest BCUT2D eigenvalue weighted by molar-refractivity contribution is 0.0980. The van der Waals surface area contributed by atoms with Crippen molar-refractivity contribution in [2.45, 2.75) is 50.3 Å². The van der Waals surface area contributed by atoms with Crippen LogP contribution >= 0.6 is 0 Å². The number of hydrogen-bond donors (Lipinski definition) is 3. The maximum absolute atomic E-state index is 13.6. The number of carbonyl (C=O) groups is 1. The first-order valence-corrected chi connectivity index (χ1v) is 14.7. The largest absolute Gasteiger partial charge is 0.494 e. The molecule has 222 valence electrons. The Labute approximate surface area is 238 Å². The Morgan fingerprint density at radius 2 is 1.80 bits per heavy atom. The SMILES string of the molecule is CC(C)CN(C[C@@H](O)[C@H](Cc1ccc(OCCCn2nccn2)cc1)NC(=O)O)S(=O)(=O)c1ccc2c(c1)OCO2. The minimum absolute atomic E-state index is 0.00572. The van der Waals surface area contributed by atoms with Crippen LogP contribution in [-0.4, -0.2) is 82.7 Å². The summed E-state index contributed by atoms with van der Waals surface area (Å²) in [4.78, 5) is 13.1. The zero-order valence-electron chi connectivity index (χ0n) is 22.9. The molecule has 3 N–H and O–H groups in total. The molecule has 14 heteroatoms. The first-order chi connectivity index (χ1) is 19.6. The number of nitrogens with one attached hydrogen (secondary N) is 1. The summed E-state index contributed by atoms with van der Waals surface area (Å²) in [5.41, 5.74) is 0.741. The Morgan fingerprint density at radius 3 is 2.49 bits per heavy atom. The standard InChI is InChI=1S/C27H35N5O8S/c1-19(2)16-31(41(36,37)22-8-9-25-26(15-22)40-18-39-25)17-24(33)23(30-27(34)35)14-20-4-6-21(7-5-20)38-13-3-12-32-28-10-11-29-32/h4-11,15,19,23-24,30,33H,3,12-14,16-18H2,1-2H3,(H,34,35)/t23-,24+/m0/s1. The molecular formula is C27H35N5O8S. The van der Waals surface area contributed by atoms with E-state index in [1.807, 2.05) is 13.8 Å². The fraction of sp³-hybridized carbons (Fsp3) is 0.444. The zero-order valence-corrected chi connectivity index (χ0v) is 23.7. The van der Waals surface area contributed by atoms with Crippen LogP contribution in [0.15, 0.2) is 59.8 Å². The molecule has 3 aromatic rings. The molecule has 1 amide bonds. The van der Waals surface area contributed by atoms with Gasteiger partial charge in [-0.15, -0.1) is 0 Å². The number of sulfonamides is 1. The van der Waals surface area contributed by atoms with Crippen LogP contribution in [-0.2, 0) is 23.0 Å². The molecule has 2 aromatic carbocycles. The Kier molecular flexibility index (Phi) is 10.0. The summed E-state index contributed by atoms with van der Waals surface area (Å²) in [5.74, 6) is 1.36. The number of nitrogens with zero attached hydrogens (tertiary/aromatic N) is 4. The molecule has 0 saturated carbocycles. The molecule has 2 heterocycles. The number of aliphatic hydroxyl groups is 1. The minimum atomic E-state index is -4.04. The number of amides is 1. The van der Waals surface area contributed by atoms with Crippen LogP contribution in [0, 0.1) is 5.92 Å². The first kappa shape index (κ1) is 30.1. The summed E-state index contributed by atoms with van der Waals surface area (Å²) in [6, 6.07) is 10.5. The number of aryl methyl sites for hydroxylation is 1. The summed E-state index contributed by atoms with van der Waals surface area (Å²) in [6.07, 6.45) is 1.43. The van der Waals surface area contributed by atoms with Crippen molar-refractivity contribution in [3.05, 3.63) is 60.4 Å². The Morgan fingerprint density at radius 1 is 1.10 bits per heavy atom. The van der Waals surface area contributed by atoms with Crippen molar-refractivity contribution >= 4 is 16.1 Å². The maximum Gasteiger partial charge on any atom is 0.404 e. The van der Waals surface area contributed by atoms with Gasteiger partial charge in [0.25, 0.3) is 0 Å². The zero-order chi connectivity index (χ0) is 29.4. The number of rotatable bonds is 15. The number of carboxylic acid groups (broad SMARTS) is 1. The monoisotopic (exact) mass is 589 g/mol. The maximum atomic E-state index is 13.6. The third kappa shape index (κ3) is 8.31. The van der Waals surface area contributed by atoms with Gasteiger partial charge >= 0.3 is 6.09 Å². The van der Waals surface area contributed by atoms with E-state index < -0.39 is 28.3 Å². The van der Waals surface area contributed by atoms with Crippen molar-refractivity contribution < 1.29 is 37.6 Å². The van der Waals surface area contributed by atoms with Gasteiger partial charge < -0.3 is 29.7 Å². The molecule has 1 aliphatic heterocycles. The lowest BCUT2D eigenvalue weighted by atomic mass is 10.0. The van der Waals surface area contributed by atoms with Gasteiger partial charge in [0.05, 0.1) is 42.6 Å². The van der Waals surface area contributed by atoms with Gasteiger partial charge in [-0.3, -0.25) is 0 Å². The average Bonchev–Trinajstić information content (AvgIpc) is 3.62. The lowest BCUT2D eigenvalue weighted by Crippen LogP contribution is -2.50. The van der Waals surface area contributed by atoms with Gasteiger partial charge in [0, 0.05) is 25.6 Å². The molecule has 0 spiro atoms. The fourth-order valence-electron chi connectivity index (χ4n) is 4.37. The van der Waals surface area contributed by atoms with Crippen LogP contribution in [0.1, 0.15) is 25.8 Å². The summed E-state index contributed by atoms with van der Waals surface area (Å²) in [5, 5.41) is 31.0. The molecule has 4 rings (SSSR count). The molecule has 2 atom stereocenters. The van der Waals surface area contributed by atoms with Gasteiger partial charge in [0.1, 0.15) is 5.75 Å². The number of aromatic nitrogens is 3. The first-order valence-electron chi connectivity index (χ1n) is 13.2. The van der Waals surface area contributed by atoms with Crippen molar-refractivity contribution in [1.82, 2.24) is 24.6 Å². The lowest BCUT2D eigenvalue weighted by Gasteiger charge is -2.30. The van der Waals surface area contributed by atoms with Crippen molar-refractivity contribution in [2.24, 2.45) is 5.92 Å². The molecule has 0 fully saturated rings. The topological polar surface area (TPSA) is 165 Å². The number of benzene rings is 2. The molecule has 1 aromatic heterocycles. The Balaban J connectivity index is 1.41. The third-order valence-electron chi connectivity index (χ3n) is 6.33. The van der Waals surface area contributed by atoms with Gasteiger partial charge in [0.2, 0.25) is 16.8 Å². The molecule has 0 unspecified atom stereocenters. The Hall–Kier alpha value is -3.88. The predicted molar refractivity (Wildman–Crippen MR) is 147 cm³/mol. The molecule has 0 bridgehead atoms. The van der Waals surface area contributed by atoms with E-state index >= 15 is 0 Å². The second kappa shape index (κ2) is 13.7. The molecule has 1 aliphatic rings. The number of hydrogen-bond acceptors (Lipinski definition) is 9. The summed E-state index contributed by atoms with van der Waals surface area (Å²) >= 11 is 0. The van der Waals surface area contributed by atoms with E-state index in [4.69, 9.17) is 14.2 Å². The summed E-state index contributed by atoms with van der Waals surface area (Å²) < 4.78 is 44.7. The van der Waals surface area contributed by atoms with E-state index in [2.05, 4.69) is 15.5 Å². The predicted octanol–water partition coefficient (Wildman–Crippen LogP) is 2.36. The van der Waals surface area contributed by atoms with Crippen LogP contribution in [0.2, 0.25) is 0 Å². The molecule has 0 radical (unpaired) electrons. The van der Waals surface area contributed by atoms with E-state index in [0.29, 0.717) is 30.4 Å². The van der Waals surface area contributed by atoms with E-state index in [1.165, 1.54) is 22.5 Å². The molecule has 13 nitrogen and oxygen atoms in total. The van der Waals surface area contributed by atoms with Gasteiger partial charge in [0.15, 0.2) is 11.5 Å². The second-order valence-electron chi connectivity index (χ2n) is 10.0. The van der Waals surface area contributed by atoms with E-state index in [1.54, 1.807) is 41.5 Å². The van der Waals surface area contributed by atoms with Gasteiger partial charge in [-0.25, -0.2) is 13.2 Å². The van der Waals surface area contributed by atoms with Gasteiger partial charge in [-0.1, -0.05) is 26.0 Å². The second-order valence-corrected chi connectivity index (χ2v) is 12.0.